The Morgan fingerprint density at radius 3 is 2.21 bits per heavy atom. The van der Waals surface area contributed by atoms with Crippen LogP contribution in [0.5, 0.6) is 0 Å². The van der Waals surface area contributed by atoms with Crippen LogP contribution in [0.3, 0.4) is 0 Å². The summed E-state index contributed by atoms with van der Waals surface area (Å²) in [5.41, 5.74) is -0.395. The number of carbonyl (C=O) groups excluding carboxylic acids is 7. The van der Waals surface area contributed by atoms with Crippen molar-refractivity contribution in [1.82, 2.24) is 9.80 Å². The monoisotopic (exact) mass is 853 g/mol. The van der Waals surface area contributed by atoms with Crippen molar-refractivity contribution in [3.8, 4) is 6.07 Å². The Morgan fingerprint density at radius 2 is 1.58 bits per heavy atom. The Bertz CT molecular complexity index is 2200. The van der Waals surface area contributed by atoms with Crippen LogP contribution in [0, 0.1) is 11.3 Å². The highest BCUT2D eigenvalue weighted by Gasteiger charge is 2.43. The number of anilines is 2. The van der Waals surface area contributed by atoms with E-state index in [0.717, 1.165) is 12.5 Å². The molecule has 5 rings (SSSR count). The van der Waals surface area contributed by atoms with Crippen LogP contribution in [0.4, 0.5) is 21.0 Å². The van der Waals surface area contributed by atoms with Gasteiger partial charge in [0.15, 0.2) is 6.10 Å². The minimum Gasteiger partial charge on any atom is -0.459 e. The maximum Gasteiger partial charge on any atom is 0.420 e. The number of amides is 5. The zero-order valence-corrected chi connectivity index (χ0v) is 35.8. The number of esters is 2. The van der Waals surface area contributed by atoms with Gasteiger partial charge in [-0.15, -0.1) is 0 Å². The van der Waals surface area contributed by atoms with Crippen LogP contribution < -0.4 is 10.2 Å². The molecule has 2 aliphatic heterocycles. The van der Waals surface area contributed by atoms with E-state index in [1.54, 1.807) is 59.7 Å². The average Bonchev–Trinajstić information content (AvgIpc) is 3.70. The first kappa shape index (κ1) is 46.3. The second-order valence-corrected chi connectivity index (χ2v) is 16.6. The standard InChI is InChI=1S/C45H51N5O12/c1-28(51)60-36(38(52)47-33-19-18-31(25-46)32(23-33)26-50(42(56)61-44(2,3)4)43(57)62-45(5,6)7)37-40(54)48(21-22-58-37)34-16-11-15-30(24-34)39(53)49-20-12-17-35(49)41(55)59-27-29-13-9-8-10-14-29/h8-11,13-16,18-19,23-24,35-37H,12,17,20-22,26-27H2,1-7H3,(H,47,52)/t35-,36+,37+/m0/s1. The predicted molar refractivity (Wildman–Crippen MR) is 222 cm³/mol. The summed E-state index contributed by atoms with van der Waals surface area (Å²) in [4.78, 5) is 97.1. The number of morpholine rings is 1. The molecular formula is C45H51N5O12. The van der Waals surface area contributed by atoms with Crippen molar-refractivity contribution in [2.24, 2.45) is 0 Å². The number of hydrogen-bond acceptors (Lipinski definition) is 13. The molecular weight excluding hydrogens is 803 g/mol. The van der Waals surface area contributed by atoms with Crippen molar-refractivity contribution >= 4 is 53.2 Å². The molecule has 2 saturated heterocycles. The number of rotatable bonds is 11. The Labute approximate surface area is 359 Å². The van der Waals surface area contributed by atoms with Gasteiger partial charge in [0.05, 0.1) is 24.8 Å². The molecule has 17 heteroatoms. The normalized spacial score (nSPS) is 17.0. The fourth-order valence-electron chi connectivity index (χ4n) is 6.70. The van der Waals surface area contributed by atoms with Gasteiger partial charge in [-0.1, -0.05) is 36.4 Å². The Kier molecular flexibility index (Phi) is 14.7. The molecule has 2 aliphatic rings. The highest BCUT2D eigenvalue weighted by Crippen LogP contribution is 2.28. The van der Waals surface area contributed by atoms with Crippen LogP contribution in [0.1, 0.15) is 88.4 Å². The summed E-state index contributed by atoms with van der Waals surface area (Å²) in [5.74, 6) is -3.54. The molecule has 0 bridgehead atoms. The molecule has 0 aliphatic carbocycles. The summed E-state index contributed by atoms with van der Waals surface area (Å²) >= 11 is 0. The second kappa shape index (κ2) is 19.7. The number of nitriles is 1. The van der Waals surface area contributed by atoms with Crippen molar-refractivity contribution < 1.29 is 57.2 Å². The van der Waals surface area contributed by atoms with Crippen LogP contribution in [0.2, 0.25) is 0 Å². The molecule has 2 heterocycles. The van der Waals surface area contributed by atoms with Crippen molar-refractivity contribution in [3.63, 3.8) is 0 Å². The zero-order chi connectivity index (χ0) is 45.4. The first-order valence-corrected chi connectivity index (χ1v) is 20.0. The number of likely N-dealkylation sites (tertiary alicyclic amines) is 1. The average molecular weight is 854 g/mol. The van der Waals surface area contributed by atoms with Gasteiger partial charge in [-0.2, -0.15) is 5.26 Å². The Hall–Kier alpha value is -6.80. The van der Waals surface area contributed by atoms with Crippen molar-refractivity contribution in [2.75, 3.05) is 29.9 Å². The van der Waals surface area contributed by atoms with Crippen molar-refractivity contribution in [3.05, 3.63) is 95.1 Å². The Morgan fingerprint density at radius 1 is 0.903 bits per heavy atom. The van der Waals surface area contributed by atoms with Gasteiger partial charge in [-0.3, -0.25) is 19.2 Å². The van der Waals surface area contributed by atoms with E-state index in [1.807, 2.05) is 36.4 Å². The zero-order valence-electron chi connectivity index (χ0n) is 35.8. The van der Waals surface area contributed by atoms with Crippen LogP contribution >= 0.6 is 0 Å². The minimum absolute atomic E-state index is 0.0321. The molecule has 3 aromatic carbocycles. The van der Waals surface area contributed by atoms with E-state index in [9.17, 15) is 38.8 Å². The van der Waals surface area contributed by atoms with Crippen LogP contribution in [-0.4, -0.2) is 101 Å². The minimum atomic E-state index is -1.81. The maximum atomic E-state index is 14.1. The topological polar surface area (TPSA) is 211 Å². The van der Waals surface area contributed by atoms with E-state index in [4.69, 9.17) is 23.7 Å². The first-order chi connectivity index (χ1) is 29.2. The summed E-state index contributed by atoms with van der Waals surface area (Å²) < 4.78 is 27.5. The summed E-state index contributed by atoms with van der Waals surface area (Å²) in [6.45, 7) is 10.6. The number of ether oxygens (including phenoxy) is 5. The van der Waals surface area contributed by atoms with Gasteiger partial charge in [-0.05, 0) is 102 Å². The molecule has 17 nitrogen and oxygen atoms in total. The maximum absolute atomic E-state index is 14.1. The molecule has 0 saturated carbocycles. The molecule has 1 N–H and O–H groups in total. The molecule has 0 radical (unpaired) electrons. The number of imide groups is 1. The molecule has 3 atom stereocenters. The summed E-state index contributed by atoms with van der Waals surface area (Å²) in [6.07, 6.45) is -4.47. The number of nitrogens with one attached hydrogen (secondary N) is 1. The van der Waals surface area contributed by atoms with Crippen LogP contribution in [0.15, 0.2) is 72.8 Å². The third-order valence-electron chi connectivity index (χ3n) is 9.41. The SMILES string of the molecule is CC(=O)O[C@@H](C(=O)Nc1ccc(C#N)c(CN(C(=O)OC(C)(C)C)C(=O)OC(C)(C)C)c1)[C@H]1OCCN(c2cccc(C(=O)N3CCC[C@H]3C(=O)OCc3ccccc3)c2)C1=O. The van der Waals surface area contributed by atoms with E-state index >= 15 is 0 Å². The summed E-state index contributed by atoms with van der Waals surface area (Å²) in [5, 5.41) is 12.5. The van der Waals surface area contributed by atoms with Gasteiger partial charge >= 0.3 is 24.1 Å². The highest BCUT2D eigenvalue weighted by molar-refractivity contribution is 6.05. The fraction of sp³-hybridized carbons (Fsp3) is 0.422. The number of nitrogens with zero attached hydrogens (tertiary/aromatic N) is 4. The van der Waals surface area contributed by atoms with Crippen LogP contribution in [-0.2, 0) is 56.0 Å². The number of benzene rings is 3. The number of hydrogen-bond donors (Lipinski definition) is 1. The molecule has 0 spiro atoms. The second-order valence-electron chi connectivity index (χ2n) is 16.6. The van der Waals surface area contributed by atoms with Crippen LogP contribution in [0.25, 0.3) is 0 Å². The lowest BCUT2D eigenvalue weighted by Gasteiger charge is -2.35. The molecule has 0 aromatic heterocycles. The number of carbonyl (C=O) groups is 7. The largest absolute Gasteiger partial charge is 0.459 e. The fourth-order valence-corrected chi connectivity index (χ4v) is 6.70. The molecule has 328 valence electrons. The lowest BCUT2D eigenvalue weighted by atomic mass is 10.1. The van der Waals surface area contributed by atoms with Gasteiger partial charge in [0.1, 0.15) is 23.9 Å². The van der Waals surface area contributed by atoms with Crippen molar-refractivity contribution in [1.29, 1.82) is 5.26 Å². The van der Waals surface area contributed by atoms with Gasteiger partial charge < -0.3 is 38.8 Å². The summed E-state index contributed by atoms with van der Waals surface area (Å²) in [6, 6.07) is 20.7. The Balaban J connectivity index is 1.33. The van der Waals surface area contributed by atoms with Gasteiger partial charge in [0, 0.05) is 37.0 Å². The molecule has 5 amide bonds. The van der Waals surface area contributed by atoms with E-state index in [-0.39, 0.29) is 42.1 Å². The summed E-state index contributed by atoms with van der Waals surface area (Å²) in [7, 11) is 0. The molecule has 3 aromatic rings. The highest BCUT2D eigenvalue weighted by atomic mass is 16.6. The van der Waals surface area contributed by atoms with Gasteiger partial charge in [0.25, 0.3) is 17.7 Å². The lowest BCUT2D eigenvalue weighted by Crippen LogP contribution is -2.56. The third-order valence-corrected chi connectivity index (χ3v) is 9.41. The molecule has 2 fully saturated rings. The van der Waals surface area contributed by atoms with Gasteiger partial charge in [-0.25, -0.2) is 19.3 Å². The van der Waals surface area contributed by atoms with Crippen molar-refractivity contribution in [2.45, 2.75) is 104 Å². The smallest absolute Gasteiger partial charge is 0.420 e. The van der Waals surface area contributed by atoms with Gasteiger partial charge in [0.2, 0.25) is 6.10 Å². The molecule has 62 heavy (non-hydrogen) atoms. The quantitative estimate of drug-likeness (QED) is 0.177. The van der Waals surface area contributed by atoms with E-state index in [1.165, 1.54) is 34.1 Å². The van der Waals surface area contributed by atoms with E-state index < -0.39 is 77.8 Å². The first-order valence-electron chi connectivity index (χ1n) is 20.0. The van der Waals surface area contributed by atoms with E-state index in [0.29, 0.717) is 30.0 Å². The predicted octanol–water partition coefficient (Wildman–Crippen LogP) is 5.88. The van der Waals surface area contributed by atoms with E-state index in [2.05, 4.69) is 5.32 Å². The molecule has 0 unspecified atom stereocenters. The third kappa shape index (κ3) is 12.2. The lowest BCUT2D eigenvalue weighted by molar-refractivity contribution is -0.167.